The number of nitrogens with two attached hydrogens (primary N) is 1. The Hall–Kier alpha value is -0.280. The predicted octanol–water partition coefficient (Wildman–Crippen LogP) is 2.57. The van der Waals surface area contributed by atoms with E-state index in [1.54, 1.807) is 0 Å². The number of hydrogen-bond acceptors (Lipinski definition) is 2. The highest BCUT2D eigenvalue weighted by Gasteiger charge is 2.30. The molecule has 2 N–H and O–H groups in total. The molecule has 106 valence electrons. The minimum atomic E-state index is 0. The van der Waals surface area contributed by atoms with Crippen LogP contribution in [0.5, 0.6) is 0 Å². The molecule has 2 rings (SSSR count). The highest BCUT2D eigenvalue weighted by Crippen LogP contribution is 2.31. The van der Waals surface area contributed by atoms with Gasteiger partial charge in [-0.1, -0.05) is 13.3 Å². The SMILES string of the molecule is CCCN(CC1CC1)C(=O)C[C@@H]1CCC[C@H]1N.Cl. The van der Waals surface area contributed by atoms with Crippen molar-refractivity contribution in [3.63, 3.8) is 0 Å². The van der Waals surface area contributed by atoms with Gasteiger partial charge in [0.1, 0.15) is 0 Å². The van der Waals surface area contributed by atoms with Gasteiger partial charge < -0.3 is 10.6 Å². The number of carbonyl (C=O) groups excluding carboxylic acids is 1. The van der Waals surface area contributed by atoms with Crippen LogP contribution in [0.1, 0.15) is 51.9 Å². The molecule has 0 bridgehead atoms. The van der Waals surface area contributed by atoms with Crippen LogP contribution < -0.4 is 5.73 Å². The number of nitrogens with zero attached hydrogens (tertiary/aromatic N) is 1. The van der Waals surface area contributed by atoms with Crippen molar-refractivity contribution in [1.82, 2.24) is 4.90 Å². The lowest BCUT2D eigenvalue weighted by atomic mass is 9.99. The van der Waals surface area contributed by atoms with Crippen molar-refractivity contribution in [2.24, 2.45) is 17.6 Å². The second kappa shape index (κ2) is 7.34. The summed E-state index contributed by atoms with van der Waals surface area (Å²) < 4.78 is 0. The fourth-order valence-electron chi connectivity index (χ4n) is 2.87. The van der Waals surface area contributed by atoms with Gasteiger partial charge in [0.05, 0.1) is 0 Å². The summed E-state index contributed by atoms with van der Waals surface area (Å²) in [6, 6.07) is 0.267. The van der Waals surface area contributed by atoms with E-state index in [9.17, 15) is 4.79 Å². The molecule has 0 saturated heterocycles. The molecule has 0 spiro atoms. The highest BCUT2D eigenvalue weighted by molar-refractivity contribution is 5.85. The van der Waals surface area contributed by atoms with Gasteiger partial charge in [0.25, 0.3) is 0 Å². The van der Waals surface area contributed by atoms with Gasteiger partial charge in [0.2, 0.25) is 5.91 Å². The number of hydrogen-bond donors (Lipinski definition) is 1. The van der Waals surface area contributed by atoms with Crippen LogP contribution in [-0.4, -0.2) is 29.9 Å². The number of amides is 1. The molecule has 3 nitrogen and oxygen atoms in total. The molecule has 0 heterocycles. The van der Waals surface area contributed by atoms with Crippen molar-refractivity contribution in [2.45, 2.75) is 57.9 Å². The second-order valence-electron chi connectivity index (χ2n) is 5.84. The summed E-state index contributed by atoms with van der Waals surface area (Å²) in [5.74, 6) is 1.59. The van der Waals surface area contributed by atoms with Gasteiger partial charge in [-0.3, -0.25) is 4.79 Å². The molecule has 2 aliphatic carbocycles. The Bertz CT molecular complexity index is 269. The average molecular weight is 275 g/mol. The molecule has 0 aliphatic heterocycles. The lowest BCUT2D eigenvalue weighted by molar-refractivity contribution is -0.132. The topological polar surface area (TPSA) is 46.3 Å². The summed E-state index contributed by atoms with van der Waals surface area (Å²) in [6.07, 6.45) is 7.84. The molecular formula is C14H27ClN2O. The minimum Gasteiger partial charge on any atom is -0.342 e. The summed E-state index contributed by atoms with van der Waals surface area (Å²) in [5, 5.41) is 0. The van der Waals surface area contributed by atoms with Crippen LogP contribution in [0, 0.1) is 11.8 Å². The van der Waals surface area contributed by atoms with Gasteiger partial charge in [0.15, 0.2) is 0 Å². The van der Waals surface area contributed by atoms with Crippen molar-refractivity contribution >= 4 is 18.3 Å². The first-order valence-electron chi connectivity index (χ1n) is 7.24. The van der Waals surface area contributed by atoms with E-state index in [0.717, 1.165) is 38.3 Å². The van der Waals surface area contributed by atoms with Gasteiger partial charge >= 0.3 is 0 Å². The highest BCUT2D eigenvalue weighted by atomic mass is 35.5. The van der Waals surface area contributed by atoms with Crippen LogP contribution in [0.2, 0.25) is 0 Å². The molecule has 2 atom stereocenters. The molecule has 0 radical (unpaired) electrons. The Morgan fingerprint density at radius 2 is 2.00 bits per heavy atom. The Kier molecular flexibility index (Phi) is 6.44. The normalized spacial score (nSPS) is 26.8. The summed E-state index contributed by atoms with van der Waals surface area (Å²) in [5.41, 5.74) is 6.04. The molecule has 0 aromatic heterocycles. The van der Waals surface area contributed by atoms with Gasteiger partial charge in [-0.05, 0) is 43.9 Å². The van der Waals surface area contributed by atoms with Gasteiger partial charge in [-0.2, -0.15) is 0 Å². The Morgan fingerprint density at radius 3 is 2.50 bits per heavy atom. The number of halogens is 1. The van der Waals surface area contributed by atoms with Crippen LogP contribution in [0.25, 0.3) is 0 Å². The maximum absolute atomic E-state index is 12.3. The zero-order valence-electron chi connectivity index (χ0n) is 11.4. The Labute approximate surface area is 117 Å². The first kappa shape index (κ1) is 15.8. The van der Waals surface area contributed by atoms with E-state index in [2.05, 4.69) is 11.8 Å². The third kappa shape index (κ3) is 4.43. The molecule has 0 unspecified atom stereocenters. The molecular weight excluding hydrogens is 248 g/mol. The first-order chi connectivity index (χ1) is 8.20. The van der Waals surface area contributed by atoms with Crippen LogP contribution >= 0.6 is 12.4 Å². The van der Waals surface area contributed by atoms with Gasteiger partial charge in [-0.15, -0.1) is 12.4 Å². The quantitative estimate of drug-likeness (QED) is 0.809. The molecule has 18 heavy (non-hydrogen) atoms. The van der Waals surface area contributed by atoms with Crippen molar-refractivity contribution in [3.8, 4) is 0 Å². The summed E-state index contributed by atoms with van der Waals surface area (Å²) in [4.78, 5) is 14.4. The third-order valence-corrected chi connectivity index (χ3v) is 4.18. The van der Waals surface area contributed by atoms with Crippen molar-refractivity contribution < 1.29 is 4.79 Å². The first-order valence-corrected chi connectivity index (χ1v) is 7.24. The molecule has 2 fully saturated rings. The second-order valence-corrected chi connectivity index (χ2v) is 5.84. The smallest absolute Gasteiger partial charge is 0.222 e. The van der Waals surface area contributed by atoms with E-state index in [-0.39, 0.29) is 18.4 Å². The number of rotatable bonds is 6. The van der Waals surface area contributed by atoms with E-state index in [1.807, 2.05) is 0 Å². The maximum Gasteiger partial charge on any atom is 0.222 e. The van der Waals surface area contributed by atoms with Crippen LogP contribution in [0.3, 0.4) is 0 Å². The third-order valence-electron chi connectivity index (χ3n) is 4.18. The lowest BCUT2D eigenvalue weighted by Crippen LogP contribution is -2.37. The molecule has 1 amide bonds. The van der Waals surface area contributed by atoms with Crippen molar-refractivity contribution in [3.05, 3.63) is 0 Å². The minimum absolute atomic E-state index is 0. The molecule has 2 aliphatic rings. The van der Waals surface area contributed by atoms with Crippen LogP contribution in [-0.2, 0) is 4.79 Å². The summed E-state index contributed by atoms with van der Waals surface area (Å²) >= 11 is 0. The molecule has 0 aromatic carbocycles. The monoisotopic (exact) mass is 274 g/mol. The largest absolute Gasteiger partial charge is 0.342 e. The fourth-order valence-corrected chi connectivity index (χ4v) is 2.87. The Balaban J connectivity index is 0.00000162. The van der Waals surface area contributed by atoms with Crippen LogP contribution in [0.4, 0.5) is 0 Å². The summed E-state index contributed by atoms with van der Waals surface area (Å²) in [6.45, 7) is 4.07. The van der Waals surface area contributed by atoms with Gasteiger partial charge in [0, 0.05) is 25.6 Å². The lowest BCUT2D eigenvalue weighted by Gasteiger charge is -2.24. The van der Waals surface area contributed by atoms with E-state index >= 15 is 0 Å². The van der Waals surface area contributed by atoms with E-state index in [0.29, 0.717) is 18.2 Å². The molecule has 2 saturated carbocycles. The molecule has 0 aromatic rings. The van der Waals surface area contributed by atoms with E-state index in [4.69, 9.17) is 5.73 Å². The fraction of sp³-hybridized carbons (Fsp3) is 0.929. The predicted molar refractivity (Wildman–Crippen MR) is 76.8 cm³/mol. The Morgan fingerprint density at radius 1 is 1.28 bits per heavy atom. The average Bonchev–Trinajstić information content (AvgIpc) is 3.03. The van der Waals surface area contributed by atoms with Crippen molar-refractivity contribution in [2.75, 3.05) is 13.1 Å². The zero-order valence-corrected chi connectivity index (χ0v) is 12.3. The van der Waals surface area contributed by atoms with Crippen molar-refractivity contribution in [1.29, 1.82) is 0 Å². The number of carbonyl (C=O) groups is 1. The standard InChI is InChI=1S/C14H26N2O.ClH/c1-2-8-16(10-11-6-7-11)14(17)9-12-4-3-5-13(12)15;/h11-13H,2-10,15H2,1H3;1H/t12-,13+;/m0./s1. The van der Waals surface area contributed by atoms with Crippen LogP contribution in [0.15, 0.2) is 0 Å². The molecule has 4 heteroatoms. The maximum atomic E-state index is 12.3. The van der Waals surface area contributed by atoms with Gasteiger partial charge in [-0.25, -0.2) is 0 Å². The summed E-state index contributed by atoms with van der Waals surface area (Å²) in [7, 11) is 0. The van der Waals surface area contributed by atoms with E-state index < -0.39 is 0 Å². The van der Waals surface area contributed by atoms with E-state index in [1.165, 1.54) is 19.3 Å². The zero-order chi connectivity index (χ0) is 12.3.